The van der Waals surface area contributed by atoms with Crippen LogP contribution in [0.15, 0.2) is 35.9 Å². The molecule has 22 heavy (non-hydrogen) atoms. The van der Waals surface area contributed by atoms with Crippen LogP contribution in [0.1, 0.15) is 18.9 Å². The molecule has 0 heterocycles. The Morgan fingerprint density at radius 1 is 1.14 bits per heavy atom. The molecule has 1 atom stereocenters. The topological polar surface area (TPSA) is 81.7 Å². The average molecular weight is 305 g/mol. The maximum absolute atomic E-state index is 11.9. The summed E-state index contributed by atoms with van der Waals surface area (Å²) in [6, 6.07) is 8.31. The Labute approximate surface area is 129 Å². The summed E-state index contributed by atoms with van der Waals surface area (Å²) in [7, 11) is 2.48. The van der Waals surface area contributed by atoms with Gasteiger partial charge in [-0.2, -0.15) is 0 Å². The highest BCUT2D eigenvalue weighted by atomic mass is 16.5. The molecule has 6 nitrogen and oxygen atoms in total. The van der Waals surface area contributed by atoms with E-state index in [2.05, 4.69) is 14.8 Å². The fraction of sp³-hybridized carbons (Fsp3) is 0.312. The molecule has 0 aliphatic heterocycles. The quantitative estimate of drug-likeness (QED) is 0.633. The Kier molecular flexibility index (Phi) is 6.82. The molecule has 0 aliphatic rings. The van der Waals surface area contributed by atoms with E-state index >= 15 is 0 Å². The van der Waals surface area contributed by atoms with Gasteiger partial charge in [-0.05, 0) is 18.6 Å². The van der Waals surface area contributed by atoms with Gasteiger partial charge in [0, 0.05) is 5.57 Å². The number of ether oxygens (including phenoxy) is 2. The van der Waals surface area contributed by atoms with Crippen molar-refractivity contribution in [3.05, 3.63) is 41.5 Å². The van der Waals surface area contributed by atoms with E-state index in [9.17, 15) is 14.4 Å². The van der Waals surface area contributed by atoms with E-state index in [0.29, 0.717) is 0 Å². The Balaban J connectivity index is 2.82. The van der Waals surface area contributed by atoms with Gasteiger partial charge >= 0.3 is 11.9 Å². The molecule has 6 heteroatoms. The van der Waals surface area contributed by atoms with Gasteiger partial charge in [-0.25, -0.2) is 9.59 Å². The molecule has 0 unspecified atom stereocenters. The average Bonchev–Trinajstić information content (AvgIpc) is 2.53. The monoisotopic (exact) mass is 305 g/mol. The van der Waals surface area contributed by atoms with Crippen LogP contribution in [0.25, 0.3) is 6.08 Å². The van der Waals surface area contributed by atoms with Crippen LogP contribution >= 0.6 is 0 Å². The van der Waals surface area contributed by atoms with Gasteiger partial charge in [0.15, 0.2) is 0 Å². The molecule has 1 amide bonds. The predicted molar refractivity (Wildman–Crippen MR) is 80.7 cm³/mol. The SMILES string of the molecule is COC(=O)/C(=C/c1ccccc1)CC(=O)N[C@@H](C)C(=O)OC. The molecule has 0 bridgehead atoms. The fourth-order valence-corrected chi connectivity index (χ4v) is 1.76. The van der Waals surface area contributed by atoms with E-state index < -0.39 is 23.9 Å². The number of hydrogen-bond acceptors (Lipinski definition) is 5. The smallest absolute Gasteiger partial charge is 0.334 e. The molecule has 0 spiro atoms. The molecular formula is C16H19NO5. The molecule has 0 aliphatic carbocycles. The lowest BCUT2D eigenvalue weighted by molar-refractivity contribution is -0.144. The van der Waals surface area contributed by atoms with Gasteiger partial charge in [0.25, 0.3) is 0 Å². The van der Waals surface area contributed by atoms with E-state index in [0.717, 1.165) is 5.56 Å². The Bertz CT molecular complexity index is 565. The van der Waals surface area contributed by atoms with Crippen LogP contribution in [0, 0.1) is 0 Å². The third kappa shape index (κ3) is 5.40. The molecule has 1 N–H and O–H groups in total. The number of methoxy groups -OCH3 is 2. The molecule has 0 saturated carbocycles. The van der Waals surface area contributed by atoms with Crippen molar-refractivity contribution in [1.82, 2.24) is 5.32 Å². The zero-order valence-electron chi connectivity index (χ0n) is 12.8. The molecular weight excluding hydrogens is 286 g/mol. The third-order valence-electron chi connectivity index (χ3n) is 2.87. The molecule has 0 fully saturated rings. The van der Waals surface area contributed by atoms with Crippen LogP contribution < -0.4 is 5.32 Å². The lowest BCUT2D eigenvalue weighted by Gasteiger charge is -2.12. The largest absolute Gasteiger partial charge is 0.467 e. The first-order valence-corrected chi connectivity index (χ1v) is 6.69. The van der Waals surface area contributed by atoms with Crippen molar-refractivity contribution in [2.45, 2.75) is 19.4 Å². The standard InChI is InChI=1S/C16H19NO5/c1-11(15(19)21-2)17-14(18)10-13(16(20)22-3)9-12-7-5-4-6-8-12/h4-9,11H,10H2,1-3H3,(H,17,18)/b13-9+/t11-/m0/s1. The van der Waals surface area contributed by atoms with Gasteiger partial charge in [-0.3, -0.25) is 4.79 Å². The normalized spacial score (nSPS) is 12.2. The van der Waals surface area contributed by atoms with Crippen molar-refractivity contribution < 1.29 is 23.9 Å². The summed E-state index contributed by atoms with van der Waals surface area (Å²) >= 11 is 0. The fourth-order valence-electron chi connectivity index (χ4n) is 1.76. The minimum atomic E-state index is -0.784. The third-order valence-corrected chi connectivity index (χ3v) is 2.87. The maximum atomic E-state index is 11.9. The number of nitrogens with one attached hydrogen (secondary N) is 1. The number of benzene rings is 1. The number of hydrogen-bond donors (Lipinski definition) is 1. The zero-order valence-corrected chi connectivity index (χ0v) is 12.8. The second-order valence-electron chi connectivity index (χ2n) is 4.56. The molecule has 1 aromatic rings. The van der Waals surface area contributed by atoms with Crippen molar-refractivity contribution in [1.29, 1.82) is 0 Å². The molecule has 0 radical (unpaired) electrons. The number of rotatable bonds is 6. The van der Waals surface area contributed by atoms with Crippen LogP contribution in [0.5, 0.6) is 0 Å². The number of esters is 2. The summed E-state index contributed by atoms with van der Waals surface area (Å²) in [6.07, 6.45) is 1.39. The first-order chi connectivity index (χ1) is 10.5. The summed E-state index contributed by atoms with van der Waals surface area (Å²) in [5, 5.41) is 2.46. The second kappa shape index (κ2) is 8.61. The van der Waals surface area contributed by atoms with Crippen LogP contribution in [0.3, 0.4) is 0 Å². The lowest BCUT2D eigenvalue weighted by atomic mass is 10.1. The van der Waals surface area contributed by atoms with E-state index in [-0.39, 0.29) is 12.0 Å². The molecule has 1 aromatic carbocycles. The second-order valence-corrected chi connectivity index (χ2v) is 4.56. The summed E-state index contributed by atoms with van der Waals surface area (Å²) < 4.78 is 9.20. The Morgan fingerprint density at radius 2 is 1.77 bits per heavy atom. The summed E-state index contributed by atoms with van der Waals surface area (Å²) in [5.41, 5.74) is 0.972. The van der Waals surface area contributed by atoms with Gasteiger partial charge in [0.1, 0.15) is 6.04 Å². The number of carbonyl (C=O) groups is 3. The van der Waals surface area contributed by atoms with Crippen LogP contribution in [0.2, 0.25) is 0 Å². The Morgan fingerprint density at radius 3 is 2.32 bits per heavy atom. The van der Waals surface area contributed by atoms with Crippen LogP contribution in [-0.4, -0.2) is 38.1 Å². The van der Waals surface area contributed by atoms with Gasteiger partial charge in [0.2, 0.25) is 5.91 Å². The van der Waals surface area contributed by atoms with E-state index in [1.165, 1.54) is 21.1 Å². The van der Waals surface area contributed by atoms with Crippen molar-refractivity contribution >= 4 is 23.9 Å². The maximum Gasteiger partial charge on any atom is 0.334 e. The first kappa shape index (κ1) is 17.4. The molecule has 0 saturated heterocycles. The molecule has 1 rings (SSSR count). The summed E-state index contributed by atoms with van der Waals surface area (Å²) in [5.74, 6) is -1.62. The van der Waals surface area contributed by atoms with Gasteiger partial charge in [-0.1, -0.05) is 30.3 Å². The van der Waals surface area contributed by atoms with Crippen molar-refractivity contribution in [3.63, 3.8) is 0 Å². The van der Waals surface area contributed by atoms with Crippen molar-refractivity contribution in [2.75, 3.05) is 14.2 Å². The highest BCUT2D eigenvalue weighted by molar-refractivity contribution is 5.99. The van der Waals surface area contributed by atoms with E-state index in [4.69, 9.17) is 0 Å². The zero-order chi connectivity index (χ0) is 16.5. The van der Waals surface area contributed by atoms with Crippen molar-refractivity contribution in [3.8, 4) is 0 Å². The van der Waals surface area contributed by atoms with E-state index in [1.54, 1.807) is 18.2 Å². The minimum absolute atomic E-state index is 0.192. The van der Waals surface area contributed by atoms with Gasteiger partial charge in [0.05, 0.1) is 20.6 Å². The van der Waals surface area contributed by atoms with Crippen LogP contribution in [0.4, 0.5) is 0 Å². The lowest BCUT2D eigenvalue weighted by Crippen LogP contribution is -2.39. The molecule has 0 aromatic heterocycles. The minimum Gasteiger partial charge on any atom is -0.467 e. The van der Waals surface area contributed by atoms with Crippen molar-refractivity contribution in [2.24, 2.45) is 0 Å². The summed E-state index contributed by atoms with van der Waals surface area (Å²) in [6.45, 7) is 1.50. The Hall–Kier alpha value is -2.63. The number of amides is 1. The molecule has 118 valence electrons. The van der Waals surface area contributed by atoms with E-state index in [1.807, 2.05) is 18.2 Å². The first-order valence-electron chi connectivity index (χ1n) is 6.69. The highest BCUT2D eigenvalue weighted by Gasteiger charge is 2.19. The predicted octanol–water partition coefficient (Wildman–Crippen LogP) is 1.31. The van der Waals surface area contributed by atoms with Crippen LogP contribution in [-0.2, 0) is 23.9 Å². The highest BCUT2D eigenvalue weighted by Crippen LogP contribution is 2.11. The van der Waals surface area contributed by atoms with Gasteiger partial charge < -0.3 is 14.8 Å². The summed E-state index contributed by atoms with van der Waals surface area (Å²) in [4.78, 5) is 35.0. The van der Waals surface area contributed by atoms with Gasteiger partial charge in [-0.15, -0.1) is 0 Å². The number of carbonyl (C=O) groups excluding carboxylic acids is 3.